The van der Waals surface area contributed by atoms with Crippen molar-refractivity contribution in [2.75, 3.05) is 11.5 Å². The predicted molar refractivity (Wildman–Crippen MR) is 71.6 cm³/mol. The van der Waals surface area contributed by atoms with Crippen molar-refractivity contribution in [1.29, 1.82) is 0 Å². The van der Waals surface area contributed by atoms with Crippen LogP contribution in [-0.2, 0) is 19.2 Å². The van der Waals surface area contributed by atoms with Gasteiger partial charge >= 0.3 is 5.97 Å². The number of hydrogen-bond donors (Lipinski definition) is 0. The average molecular weight is 299 g/mol. The van der Waals surface area contributed by atoms with Crippen molar-refractivity contribution in [3.05, 3.63) is 0 Å². The Morgan fingerprint density at radius 1 is 1.30 bits per heavy atom. The molecular formula is C12H17N3O4S. The molecule has 0 radical (unpaired) electrons. The summed E-state index contributed by atoms with van der Waals surface area (Å²) in [6, 6.07) is 0. The van der Waals surface area contributed by atoms with Crippen LogP contribution in [0.25, 0.3) is 0 Å². The van der Waals surface area contributed by atoms with E-state index in [4.69, 9.17) is 4.84 Å². The number of thioether (sulfide) groups is 1. The molecule has 0 aromatic rings. The van der Waals surface area contributed by atoms with Gasteiger partial charge in [0.2, 0.25) is 0 Å². The molecule has 0 aromatic carbocycles. The SMILES string of the molecule is CC1(CCCSCCC(=O)ON2C(=O)CCC2=O)N=N1. The Morgan fingerprint density at radius 2 is 1.95 bits per heavy atom. The summed E-state index contributed by atoms with van der Waals surface area (Å²) < 4.78 is 0. The first-order valence-electron chi connectivity index (χ1n) is 6.59. The summed E-state index contributed by atoms with van der Waals surface area (Å²) in [6.45, 7) is 1.99. The van der Waals surface area contributed by atoms with Gasteiger partial charge in [0.05, 0.1) is 6.42 Å². The molecule has 7 nitrogen and oxygen atoms in total. The maximum Gasteiger partial charge on any atom is 0.334 e. The zero-order valence-electron chi connectivity index (χ0n) is 11.3. The van der Waals surface area contributed by atoms with Gasteiger partial charge in [-0.05, 0) is 25.5 Å². The summed E-state index contributed by atoms with van der Waals surface area (Å²) in [5.41, 5.74) is -0.157. The average Bonchev–Trinajstić information content (AvgIpc) is 3.07. The maximum atomic E-state index is 11.5. The number of amides is 2. The van der Waals surface area contributed by atoms with E-state index in [0.29, 0.717) is 10.8 Å². The number of carbonyl (C=O) groups excluding carboxylic acids is 3. The van der Waals surface area contributed by atoms with E-state index in [1.165, 1.54) is 0 Å². The molecule has 8 heteroatoms. The first-order chi connectivity index (χ1) is 9.50. The second kappa shape index (κ2) is 6.34. The Bertz CT molecular complexity index is 430. The van der Waals surface area contributed by atoms with Gasteiger partial charge in [0.1, 0.15) is 0 Å². The molecular weight excluding hydrogens is 282 g/mol. The first kappa shape index (κ1) is 15.0. The van der Waals surface area contributed by atoms with E-state index in [1.807, 2.05) is 6.92 Å². The highest BCUT2D eigenvalue weighted by atomic mass is 32.2. The minimum atomic E-state index is -0.541. The molecule has 2 heterocycles. The monoisotopic (exact) mass is 299 g/mol. The van der Waals surface area contributed by atoms with Gasteiger partial charge in [-0.1, -0.05) is 0 Å². The standard InChI is InChI=1S/C12H17N3O4S/c1-12(13-14-12)6-2-7-20-8-5-11(18)19-15-9(16)3-4-10(15)17/h2-8H2,1H3. The van der Waals surface area contributed by atoms with Crippen LogP contribution < -0.4 is 0 Å². The quantitative estimate of drug-likeness (QED) is 0.502. The lowest BCUT2D eigenvalue weighted by Crippen LogP contribution is -2.32. The zero-order chi connectivity index (χ0) is 14.6. The zero-order valence-corrected chi connectivity index (χ0v) is 12.1. The number of hydroxylamine groups is 2. The Balaban J connectivity index is 1.51. The third-order valence-electron chi connectivity index (χ3n) is 3.03. The maximum absolute atomic E-state index is 11.5. The molecule has 0 bridgehead atoms. The van der Waals surface area contributed by atoms with E-state index >= 15 is 0 Å². The summed E-state index contributed by atoms with van der Waals surface area (Å²) >= 11 is 1.64. The van der Waals surface area contributed by atoms with Gasteiger partial charge in [-0.2, -0.15) is 22.0 Å². The van der Waals surface area contributed by atoms with E-state index in [9.17, 15) is 14.4 Å². The minimum Gasteiger partial charge on any atom is -0.330 e. The number of imide groups is 1. The molecule has 2 aliphatic rings. The van der Waals surface area contributed by atoms with Crippen LogP contribution in [0.2, 0.25) is 0 Å². The highest BCUT2D eigenvalue weighted by Crippen LogP contribution is 2.32. The van der Waals surface area contributed by atoms with E-state index in [1.54, 1.807) is 11.8 Å². The summed E-state index contributed by atoms with van der Waals surface area (Å²) in [5.74, 6) is 0.109. The summed E-state index contributed by atoms with van der Waals surface area (Å²) in [7, 11) is 0. The molecule has 2 aliphatic heterocycles. The van der Waals surface area contributed by atoms with Crippen molar-refractivity contribution in [3.8, 4) is 0 Å². The first-order valence-corrected chi connectivity index (χ1v) is 7.74. The molecule has 1 saturated heterocycles. The largest absolute Gasteiger partial charge is 0.334 e. The number of nitrogens with zero attached hydrogens (tertiary/aromatic N) is 3. The van der Waals surface area contributed by atoms with Crippen LogP contribution in [0.4, 0.5) is 0 Å². The molecule has 20 heavy (non-hydrogen) atoms. The molecule has 2 rings (SSSR count). The van der Waals surface area contributed by atoms with Crippen LogP contribution in [0.15, 0.2) is 10.2 Å². The molecule has 0 aromatic heterocycles. The fourth-order valence-corrected chi connectivity index (χ4v) is 2.62. The molecule has 0 N–H and O–H groups in total. The van der Waals surface area contributed by atoms with Gasteiger partial charge in [-0.25, -0.2) is 4.79 Å². The van der Waals surface area contributed by atoms with Gasteiger partial charge in [0.25, 0.3) is 11.8 Å². The van der Waals surface area contributed by atoms with E-state index in [0.717, 1.165) is 18.6 Å². The predicted octanol–water partition coefficient (Wildman–Crippen LogP) is 1.68. The van der Waals surface area contributed by atoms with Gasteiger partial charge < -0.3 is 4.84 Å². The number of hydrogen-bond acceptors (Lipinski definition) is 7. The topological polar surface area (TPSA) is 88.4 Å². The van der Waals surface area contributed by atoms with Gasteiger partial charge in [-0.3, -0.25) is 9.59 Å². The Morgan fingerprint density at radius 3 is 2.55 bits per heavy atom. The molecule has 0 aliphatic carbocycles. The van der Waals surface area contributed by atoms with Gasteiger partial charge in [-0.15, -0.1) is 5.06 Å². The number of carbonyl (C=O) groups is 3. The molecule has 0 spiro atoms. The summed E-state index contributed by atoms with van der Waals surface area (Å²) in [4.78, 5) is 38.7. The highest BCUT2D eigenvalue weighted by molar-refractivity contribution is 7.99. The van der Waals surface area contributed by atoms with E-state index in [-0.39, 0.29) is 24.9 Å². The second-order valence-corrected chi connectivity index (χ2v) is 6.15. The van der Waals surface area contributed by atoms with Gasteiger partial charge in [0.15, 0.2) is 5.66 Å². The second-order valence-electron chi connectivity index (χ2n) is 4.93. The lowest BCUT2D eigenvalue weighted by molar-refractivity contribution is -0.197. The van der Waals surface area contributed by atoms with E-state index < -0.39 is 17.8 Å². The fraction of sp³-hybridized carbons (Fsp3) is 0.750. The van der Waals surface area contributed by atoms with Crippen LogP contribution in [0.5, 0.6) is 0 Å². The molecule has 0 saturated carbocycles. The Labute approximate surface area is 121 Å². The van der Waals surface area contributed by atoms with Crippen molar-refractivity contribution < 1.29 is 19.2 Å². The van der Waals surface area contributed by atoms with Crippen molar-refractivity contribution in [1.82, 2.24) is 5.06 Å². The van der Waals surface area contributed by atoms with E-state index in [2.05, 4.69) is 10.2 Å². The Kier molecular flexibility index (Phi) is 4.74. The highest BCUT2D eigenvalue weighted by Gasteiger charge is 2.33. The molecule has 0 unspecified atom stereocenters. The minimum absolute atomic E-state index is 0.121. The lowest BCUT2D eigenvalue weighted by Gasteiger charge is -2.12. The Hall–Kier alpha value is -1.44. The molecule has 2 amide bonds. The van der Waals surface area contributed by atoms with Gasteiger partial charge in [0, 0.05) is 18.6 Å². The lowest BCUT2D eigenvalue weighted by atomic mass is 10.1. The molecule has 110 valence electrons. The normalized spacial score (nSPS) is 19.6. The van der Waals surface area contributed by atoms with Crippen LogP contribution in [-0.4, -0.2) is 40.0 Å². The van der Waals surface area contributed by atoms with Crippen LogP contribution in [0.1, 0.15) is 39.0 Å². The third kappa shape index (κ3) is 4.29. The number of rotatable bonds is 8. The van der Waals surface area contributed by atoms with Crippen molar-refractivity contribution in [2.24, 2.45) is 10.2 Å². The molecule has 1 fully saturated rings. The van der Waals surface area contributed by atoms with Crippen LogP contribution in [0.3, 0.4) is 0 Å². The van der Waals surface area contributed by atoms with Crippen LogP contribution in [0, 0.1) is 0 Å². The molecule has 0 atom stereocenters. The third-order valence-corrected chi connectivity index (χ3v) is 4.10. The summed E-state index contributed by atoms with van der Waals surface area (Å²) in [5, 5.41) is 8.44. The fourth-order valence-electron chi connectivity index (χ4n) is 1.76. The van der Waals surface area contributed by atoms with Crippen molar-refractivity contribution in [3.63, 3.8) is 0 Å². The van der Waals surface area contributed by atoms with Crippen LogP contribution >= 0.6 is 11.8 Å². The summed E-state index contributed by atoms with van der Waals surface area (Å²) in [6.07, 6.45) is 2.35. The van der Waals surface area contributed by atoms with Crippen molar-refractivity contribution in [2.45, 2.75) is 44.7 Å². The smallest absolute Gasteiger partial charge is 0.330 e. The van der Waals surface area contributed by atoms with Crippen molar-refractivity contribution >= 4 is 29.5 Å².